The number of ether oxygens (including phenoxy) is 2. The maximum absolute atomic E-state index is 13.0. The van der Waals surface area contributed by atoms with Gasteiger partial charge >= 0.3 is 0 Å². The van der Waals surface area contributed by atoms with Gasteiger partial charge in [0.05, 0.1) is 14.2 Å². The van der Waals surface area contributed by atoms with E-state index in [0.717, 1.165) is 37.7 Å². The highest BCUT2D eigenvalue weighted by atomic mass is 35.5. The highest BCUT2D eigenvalue weighted by Gasteiger charge is 2.28. The molecule has 1 aliphatic rings. The van der Waals surface area contributed by atoms with Gasteiger partial charge in [-0.2, -0.15) is 0 Å². The van der Waals surface area contributed by atoms with Gasteiger partial charge in [-0.1, -0.05) is 13.3 Å². The van der Waals surface area contributed by atoms with Crippen LogP contribution in [0.1, 0.15) is 43.0 Å². The summed E-state index contributed by atoms with van der Waals surface area (Å²) in [6, 6.07) is 5.44. The molecule has 0 saturated carbocycles. The zero-order valence-electron chi connectivity index (χ0n) is 16.2. The average Bonchev–Trinajstić information content (AvgIpc) is 2.70. The predicted molar refractivity (Wildman–Crippen MR) is 108 cm³/mol. The van der Waals surface area contributed by atoms with Gasteiger partial charge in [0.15, 0.2) is 5.78 Å². The van der Waals surface area contributed by atoms with Gasteiger partial charge in [0.2, 0.25) is 0 Å². The molecule has 146 valence electrons. The minimum absolute atomic E-state index is 0.140. The SMILES string of the molecule is CC[C@H]1CN(Cl)CC[C@H]1CCC(=O)c1ccnc2c(OC)cc(OC)cc12. The van der Waals surface area contributed by atoms with Crippen molar-refractivity contribution in [2.75, 3.05) is 27.3 Å². The normalized spacial score (nSPS) is 20.6. The number of nitrogens with zero attached hydrogens (tertiary/aromatic N) is 2. The van der Waals surface area contributed by atoms with Crippen LogP contribution in [0.4, 0.5) is 0 Å². The Hall–Kier alpha value is -1.85. The quantitative estimate of drug-likeness (QED) is 0.506. The first-order valence-corrected chi connectivity index (χ1v) is 9.85. The first-order chi connectivity index (χ1) is 13.1. The summed E-state index contributed by atoms with van der Waals surface area (Å²) < 4.78 is 12.7. The fourth-order valence-corrected chi connectivity index (χ4v) is 4.32. The number of hydrogen-bond donors (Lipinski definition) is 0. The Bertz CT molecular complexity index is 811. The number of Topliss-reactive ketones (excluding diaryl/α,β-unsaturated/α-hetero) is 1. The smallest absolute Gasteiger partial charge is 0.163 e. The molecule has 0 aliphatic carbocycles. The van der Waals surface area contributed by atoms with Crippen molar-refractivity contribution in [3.63, 3.8) is 0 Å². The van der Waals surface area contributed by atoms with Crippen molar-refractivity contribution in [1.82, 2.24) is 9.40 Å². The summed E-state index contributed by atoms with van der Waals surface area (Å²) in [5, 5.41) is 0.779. The molecule has 27 heavy (non-hydrogen) atoms. The van der Waals surface area contributed by atoms with Crippen LogP contribution in [-0.4, -0.2) is 42.5 Å². The molecule has 1 aromatic heterocycles. The van der Waals surface area contributed by atoms with E-state index in [9.17, 15) is 4.79 Å². The number of carbonyl (C=O) groups excluding carboxylic acids is 1. The van der Waals surface area contributed by atoms with Crippen LogP contribution in [0.15, 0.2) is 24.4 Å². The van der Waals surface area contributed by atoms with Crippen LogP contribution in [0.2, 0.25) is 0 Å². The summed E-state index contributed by atoms with van der Waals surface area (Å²) in [7, 11) is 3.20. The zero-order valence-corrected chi connectivity index (χ0v) is 17.0. The van der Waals surface area contributed by atoms with Crippen LogP contribution in [0.25, 0.3) is 10.9 Å². The molecule has 0 bridgehead atoms. The highest BCUT2D eigenvalue weighted by Crippen LogP contribution is 2.34. The number of pyridine rings is 1. The second kappa shape index (κ2) is 8.89. The number of hydrogen-bond acceptors (Lipinski definition) is 5. The molecule has 0 amide bonds. The number of benzene rings is 1. The zero-order chi connectivity index (χ0) is 19.4. The number of rotatable bonds is 7. The Morgan fingerprint density at radius 1 is 1.30 bits per heavy atom. The van der Waals surface area contributed by atoms with E-state index in [-0.39, 0.29) is 5.78 Å². The van der Waals surface area contributed by atoms with E-state index >= 15 is 0 Å². The highest BCUT2D eigenvalue weighted by molar-refractivity contribution is 6.13. The second-order valence-electron chi connectivity index (χ2n) is 7.13. The summed E-state index contributed by atoms with van der Waals surface area (Å²) in [6.07, 6.45) is 5.24. The Morgan fingerprint density at radius 2 is 2.11 bits per heavy atom. The second-order valence-corrected chi connectivity index (χ2v) is 7.61. The van der Waals surface area contributed by atoms with E-state index in [4.69, 9.17) is 21.3 Å². The van der Waals surface area contributed by atoms with Gasteiger partial charge in [0.1, 0.15) is 17.0 Å². The number of aromatic nitrogens is 1. The fraction of sp³-hybridized carbons (Fsp3) is 0.524. The maximum atomic E-state index is 13.0. The number of carbonyl (C=O) groups is 1. The van der Waals surface area contributed by atoms with E-state index in [2.05, 4.69) is 11.9 Å². The van der Waals surface area contributed by atoms with Crippen molar-refractivity contribution in [2.24, 2.45) is 11.8 Å². The maximum Gasteiger partial charge on any atom is 0.163 e. The van der Waals surface area contributed by atoms with Gasteiger partial charge in [-0.25, -0.2) is 4.42 Å². The minimum atomic E-state index is 0.140. The molecule has 0 unspecified atom stereocenters. The number of halogens is 1. The molecule has 1 aromatic carbocycles. The molecule has 2 heterocycles. The first-order valence-electron chi connectivity index (χ1n) is 9.52. The molecule has 1 fully saturated rings. The molecule has 2 aromatic rings. The number of ketones is 1. The lowest BCUT2D eigenvalue weighted by atomic mass is 9.81. The topological polar surface area (TPSA) is 51.7 Å². The molecule has 3 rings (SSSR count). The van der Waals surface area contributed by atoms with Gasteiger partial charge in [-0.3, -0.25) is 9.78 Å². The minimum Gasteiger partial charge on any atom is -0.497 e. The fourth-order valence-electron chi connectivity index (χ4n) is 4.04. The number of methoxy groups -OCH3 is 2. The van der Waals surface area contributed by atoms with Crippen LogP contribution in [0, 0.1) is 11.8 Å². The lowest BCUT2D eigenvalue weighted by Gasteiger charge is -2.34. The third kappa shape index (κ3) is 4.36. The number of fused-ring (bicyclic) bond motifs is 1. The summed E-state index contributed by atoms with van der Waals surface area (Å²) in [5.41, 5.74) is 1.37. The third-order valence-electron chi connectivity index (χ3n) is 5.65. The molecule has 0 radical (unpaired) electrons. The molecule has 1 saturated heterocycles. The molecule has 5 nitrogen and oxygen atoms in total. The van der Waals surface area contributed by atoms with E-state index in [1.54, 1.807) is 32.5 Å². The Kier molecular flexibility index (Phi) is 6.55. The predicted octanol–water partition coefficient (Wildman–Crippen LogP) is 4.72. The summed E-state index contributed by atoms with van der Waals surface area (Å²) in [5.74, 6) is 2.51. The molecule has 0 N–H and O–H groups in total. The summed E-state index contributed by atoms with van der Waals surface area (Å²) in [6.45, 7) is 4.00. The van der Waals surface area contributed by atoms with E-state index < -0.39 is 0 Å². The van der Waals surface area contributed by atoms with E-state index in [1.807, 2.05) is 10.5 Å². The molecular weight excluding hydrogens is 364 g/mol. The van der Waals surface area contributed by atoms with Crippen LogP contribution in [0.3, 0.4) is 0 Å². The van der Waals surface area contributed by atoms with Crippen molar-refractivity contribution in [2.45, 2.75) is 32.6 Å². The Labute approximate surface area is 165 Å². The van der Waals surface area contributed by atoms with Crippen LogP contribution >= 0.6 is 11.8 Å². The van der Waals surface area contributed by atoms with Crippen molar-refractivity contribution in [3.8, 4) is 11.5 Å². The van der Waals surface area contributed by atoms with Crippen LogP contribution in [-0.2, 0) is 0 Å². The Balaban J connectivity index is 1.81. The van der Waals surface area contributed by atoms with Gasteiger partial charge in [0.25, 0.3) is 0 Å². The van der Waals surface area contributed by atoms with Gasteiger partial charge in [-0.05, 0) is 48.6 Å². The van der Waals surface area contributed by atoms with Crippen molar-refractivity contribution in [3.05, 3.63) is 30.0 Å². The van der Waals surface area contributed by atoms with Crippen molar-refractivity contribution in [1.29, 1.82) is 0 Å². The van der Waals surface area contributed by atoms with Gasteiger partial charge in [-0.15, -0.1) is 0 Å². The van der Waals surface area contributed by atoms with Gasteiger partial charge < -0.3 is 9.47 Å². The third-order valence-corrected chi connectivity index (χ3v) is 5.95. The van der Waals surface area contributed by atoms with Crippen molar-refractivity contribution >= 4 is 28.5 Å². The lowest BCUT2D eigenvalue weighted by molar-refractivity contribution is 0.0954. The molecule has 1 aliphatic heterocycles. The van der Waals surface area contributed by atoms with E-state index in [1.165, 1.54) is 0 Å². The van der Waals surface area contributed by atoms with E-state index in [0.29, 0.717) is 40.8 Å². The Morgan fingerprint density at radius 3 is 2.81 bits per heavy atom. The largest absolute Gasteiger partial charge is 0.497 e. The number of piperidine rings is 1. The summed E-state index contributed by atoms with van der Waals surface area (Å²) >= 11 is 6.17. The van der Waals surface area contributed by atoms with Crippen LogP contribution < -0.4 is 9.47 Å². The van der Waals surface area contributed by atoms with Crippen LogP contribution in [0.5, 0.6) is 11.5 Å². The first kappa shape index (κ1) is 19.9. The molecule has 0 spiro atoms. The summed E-state index contributed by atoms with van der Waals surface area (Å²) in [4.78, 5) is 17.4. The monoisotopic (exact) mass is 390 g/mol. The van der Waals surface area contributed by atoms with Crippen molar-refractivity contribution < 1.29 is 14.3 Å². The lowest BCUT2D eigenvalue weighted by Crippen LogP contribution is -2.35. The van der Waals surface area contributed by atoms with Gasteiger partial charge in [0, 0.05) is 42.7 Å². The average molecular weight is 391 g/mol. The standard InChI is InChI=1S/C21H27ClN2O3/c1-4-14-13-24(22)10-8-15(14)5-6-19(25)17-7-9-23-21-18(17)11-16(26-2)12-20(21)27-3/h7,9,11-12,14-15H,4-6,8,10,13H2,1-3H3/t14-,15+/m0/s1. The molecule has 2 atom stereocenters. The molecule has 6 heteroatoms. The molecular formula is C21H27ClN2O3.